The van der Waals surface area contributed by atoms with Crippen molar-refractivity contribution in [3.8, 4) is 0 Å². The van der Waals surface area contributed by atoms with Crippen LogP contribution in [0.5, 0.6) is 0 Å². The third-order valence-electron chi connectivity index (χ3n) is 2.95. The zero-order valence-electron chi connectivity index (χ0n) is 9.58. The van der Waals surface area contributed by atoms with Crippen LogP contribution < -0.4 is 4.90 Å². The minimum absolute atomic E-state index is 1.01. The molecule has 2 rings (SSSR count). The number of aryl methyl sites for hydroxylation is 1. The molecular formula is C13H17NO. The van der Waals surface area contributed by atoms with Gasteiger partial charge in [-0.25, -0.2) is 0 Å². The van der Waals surface area contributed by atoms with Crippen molar-refractivity contribution >= 4 is 16.7 Å². The molecule has 15 heavy (non-hydrogen) atoms. The van der Waals surface area contributed by atoms with Gasteiger partial charge >= 0.3 is 0 Å². The van der Waals surface area contributed by atoms with Gasteiger partial charge in [0.25, 0.3) is 0 Å². The van der Waals surface area contributed by atoms with Crippen LogP contribution in [0.15, 0.2) is 28.9 Å². The summed E-state index contributed by atoms with van der Waals surface area (Å²) in [6, 6.07) is 6.31. The minimum atomic E-state index is 1.01. The molecule has 0 aliphatic carbocycles. The third-order valence-corrected chi connectivity index (χ3v) is 2.95. The van der Waals surface area contributed by atoms with Crippen molar-refractivity contribution in [2.24, 2.45) is 0 Å². The lowest BCUT2D eigenvalue weighted by Gasteiger charge is -2.23. The maximum absolute atomic E-state index is 5.50. The molecule has 0 spiro atoms. The molecular weight excluding hydrogens is 186 g/mol. The molecule has 80 valence electrons. The van der Waals surface area contributed by atoms with E-state index in [2.05, 4.69) is 37.8 Å². The molecule has 0 saturated heterocycles. The molecule has 0 N–H and O–H groups in total. The van der Waals surface area contributed by atoms with Gasteiger partial charge in [-0.1, -0.05) is 0 Å². The van der Waals surface area contributed by atoms with Crippen LogP contribution in [0.4, 0.5) is 5.69 Å². The maximum atomic E-state index is 5.50. The topological polar surface area (TPSA) is 16.4 Å². The number of rotatable bonds is 3. The van der Waals surface area contributed by atoms with Crippen LogP contribution in [0.25, 0.3) is 11.0 Å². The van der Waals surface area contributed by atoms with Crippen LogP contribution in [0.3, 0.4) is 0 Å². The van der Waals surface area contributed by atoms with E-state index in [9.17, 15) is 0 Å². The number of nitrogens with zero attached hydrogens (tertiary/aromatic N) is 1. The fourth-order valence-electron chi connectivity index (χ4n) is 2.07. The predicted octanol–water partition coefficient (Wildman–Crippen LogP) is 3.59. The van der Waals surface area contributed by atoms with Crippen molar-refractivity contribution in [3.05, 3.63) is 30.0 Å². The molecule has 1 heterocycles. The van der Waals surface area contributed by atoms with Crippen molar-refractivity contribution in [2.45, 2.75) is 20.8 Å². The van der Waals surface area contributed by atoms with Crippen molar-refractivity contribution in [3.63, 3.8) is 0 Å². The summed E-state index contributed by atoms with van der Waals surface area (Å²) in [6.07, 6.45) is 1.75. The molecule has 0 atom stereocenters. The van der Waals surface area contributed by atoms with Crippen LogP contribution in [0.2, 0.25) is 0 Å². The molecule has 0 amide bonds. The van der Waals surface area contributed by atoms with E-state index in [0.29, 0.717) is 0 Å². The normalized spacial score (nSPS) is 10.9. The number of hydrogen-bond acceptors (Lipinski definition) is 2. The molecule has 2 heteroatoms. The monoisotopic (exact) mass is 203 g/mol. The fourth-order valence-corrected chi connectivity index (χ4v) is 2.07. The highest BCUT2D eigenvalue weighted by Crippen LogP contribution is 2.28. The van der Waals surface area contributed by atoms with Gasteiger partial charge in [0.1, 0.15) is 5.58 Å². The predicted molar refractivity (Wildman–Crippen MR) is 64.5 cm³/mol. The summed E-state index contributed by atoms with van der Waals surface area (Å²) < 4.78 is 5.50. The number of fused-ring (bicyclic) bond motifs is 1. The van der Waals surface area contributed by atoms with Gasteiger partial charge in [0.2, 0.25) is 0 Å². The Hall–Kier alpha value is -1.44. The van der Waals surface area contributed by atoms with Gasteiger partial charge in [-0.05, 0) is 39.0 Å². The fraction of sp³-hybridized carbons (Fsp3) is 0.385. The van der Waals surface area contributed by atoms with E-state index in [-0.39, 0.29) is 0 Å². The van der Waals surface area contributed by atoms with E-state index in [1.54, 1.807) is 6.26 Å². The average molecular weight is 203 g/mol. The number of furan rings is 1. The van der Waals surface area contributed by atoms with Crippen molar-refractivity contribution < 1.29 is 4.42 Å². The first kappa shape index (κ1) is 10.1. The largest absolute Gasteiger partial charge is 0.464 e. The van der Waals surface area contributed by atoms with E-state index >= 15 is 0 Å². The Morgan fingerprint density at radius 2 is 1.87 bits per heavy atom. The van der Waals surface area contributed by atoms with E-state index in [0.717, 1.165) is 18.7 Å². The summed E-state index contributed by atoms with van der Waals surface area (Å²) in [5.41, 5.74) is 3.53. The number of benzene rings is 1. The molecule has 0 unspecified atom stereocenters. The van der Waals surface area contributed by atoms with Gasteiger partial charge in [0.05, 0.1) is 6.26 Å². The first-order chi connectivity index (χ1) is 7.27. The lowest BCUT2D eigenvalue weighted by molar-refractivity contribution is 0.613. The molecule has 0 radical (unpaired) electrons. The Balaban J connectivity index is 2.56. The zero-order valence-corrected chi connectivity index (χ0v) is 9.58. The first-order valence-corrected chi connectivity index (χ1v) is 5.49. The Morgan fingerprint density at radius 1 is 1.13 bits per heavy atom. The molecule has 1 aromatic carbocycles. The highest BCUT2D eigenvalue weighted by Gasteiger charge is 2.09. The molecule has 1 aromatic heterocycles. The van der Waals surface area contributed by atoms with E-state index < -0.39 is 0 Å². The Morgan fingerprint density at radius 3 is 2.53 bits per heavy atom. The Kier molecular flexibility index (Phi) is 2.67. The van der Waals surface area contributed by atoms with Gasteiger partial charge in [-0.15, -0.1) is 0 Å². The molecule has 0 aliphatic heterocycles. The first-order valence-electron chi connectivity index (χ1n) is 5.49. The second-order valence-corrected chi connectivity index (χ2v) is 3.72. The van der Waals surface area contributed by atoms with Crippen LogP contribution in [-0.2, 0) is 0 Å². The summed E-state index contributed by atoms with van der Waals surface area (Å²) >= 11 is 0. The third kappa shape index (κ3) is 1.60. The second-order valence-electron chi connectivity index (χ2n) is 3.72. The number of hydrogen-bond donors (Lipinski definition) is 0. The van der Waals surface area contributed by atoms with Crippen LogP contribution in [0.1, 0.15) is 19.4 Å². The lowest BCUT2D eigenvalue weighted by Crippen LogP contribution is -2.22. The Labute approximate surface area is 90.5 Å². The summed E-state index contributed by atoms with van der Waals surface area (Å²) in [5, 5.41) is 1.18. The van der Waals surface area contributed by atoms with Gasteiger partial charge < -0.3 is 9.32 Å². The van der Waals surface area contributed by atoms with Gasteiger partial charge in [0.15, 0.2) is 0 Å². The van der Waals surface area contributed by atoms with E-state index in [1.807, 2.05) is 6.07 Å². The van der Waals surface area contributed by atoms with Gasteiger partial charge in [-0.3, -0.25) is 0 Å². The minimum Gasteiger partial charge on any atom is -0.464 e. The molecule has 2 aromatic rings. The average Bonchev–Trinajstić information content (AvgIpc) is 2.71. The SMILES string of the molecule is CCN(CC)c1ccc2ccoc2c1C. The standard InChI is InChI=1S/C13H17NO/c1-4-14(5-2)12-7-6-11-8-9-15-13(11)10(12)3/h6-9H,4-5H2,1-3H3. The van der Waals surface area contributed by atoms with Crippen molar-refractivity contribution in [2.75, 3.05) is 18.0 Å². The quantitative estimate of drug-likeness (QED) is 0.758. The maximum Gasteiger partial charge on any atom is 0.138 e. The molecule has 0 fully saturated rings. The van der Waals surface area contributed by atoms with E-state index in [1.165, 1.54) is 16.6 Å². The molecule has 0 saturated carbocycles. The summed E-state index contributed by atoms with van der Waals surface area (Å²) in [5.74, 6) is 0. The van der Waals surface area contributed by atoms with Gasteiger partial charge in [-0.2, -0.15) is 0 Å². The van der Waals surface area contributed by atoms with Crippen LogP contribution in [-0.4, -0.2) is 13.1 Å². The Bertz CT molecular complexity index is 455. The summed E-state index contributed by atoms with van der Waals surface area (Å²) in [6.45, 7) is 8.54. The smallest absolute Gasteiger partial charge is 0.138 e. The second kappa shape index (κ2) is 3.97. The highest BCUT2D eigenvalue weighted by atomic mass is 16.3. The summed E-state index contributed by atoms with van der Waals surface area (Å²) in [7, 11) is 0. The highest BCUT2D eigenvalue weighted by molar-refractivity contribution is 5.85. The molecule has 0 bridgehead atoms. The molecule has 0 aliphatic rings. The zero-order chi connectivity index (χ0) is 10.8. The van der Waals surface area contributed by atoms with Gasteiger partial charge in [0, 0.05) is 29.7 Å². The van der Waals surface area contributed by atoms with E-state index in [4.69, 9.17) is 4.42 Å². The summed E-state index contributed by atoms with van der Waals surface area (Å²) in [4.78, 5) is 2.34. The molecule has 2 nitrogen and oxygen atoms in total. The van der Waals surface area contributed by atoms with Crippen molar-refractivity contribution in [1.82, 2.24) is 0 Å². The van der Waals surface area contributed by atoms with Crippen LogP contribution >= 0.6 is 0 Å². The number of anilines is 1. The van der Waals surface area contributed by atoms with Crippen LogP contribution in [0, 0.1) is 6.92 Å². The van der Waals surface area contributed by atoms with Crippen molar-refractivity contribution in [1.29, 1.82) is 0 Å². The lowest BCUT2D eigenvalue weighted by atomic mass is 10.1.